The highest BCUT2D eigenvalue weighted by molar-refractivity contribution is 5.93. The Hall–Kier alpha value is -3.68. The van der Waals surface area contributed by atoms with Crippen molar-refractivity contribution >= 4 is 11.8 Å². The van der Waals surface area contributed by atoms with Crippen molar-refractivity contribution in [2.45, 2.75) is 33.0 Å². The number of carbonyl (C=O) groups excluding carboxylic acids is 2. The summed E-state index contributed by atoms with van der Waals surface area (Å²) in [6.45, 7) is 3.98. The van der Waals surface area contributed by atoms with Gasteiger partial charge in [0.1, 0.15) is 6.54 Å². The number of hydrogen-bond acceptors (Lipinski definition) is 4. The number of aryl methyl sites for hydroxylation is 1. The maximum Gasteiger partial charge on any atom is 0.253 e. The molecule has 0 aliphatic heterocycles. The smallest absolute Gasteiger partial charge is 0.253 e. The highest BCUT2D eigenvalue weighted by atomic mass is 16.2. The van der Waals surface area contributed by atoms with Gasteiger partial charge in [-0.2, -0.15) is 5.10 Å². The molecule has 0 spiro atoms. The SMILES string of the molecule is Cc1c([C@@H](C)NC(=O)Cn2cc(C(=O)NCc3ccccc3)ccc2=O)cnn1C. The fraction of sp³-hybridized carbons (Fsp3) is 0.273. The average Bonchev–Trinajstić information content (AvgIpc) is 3.07. The number of benzene rings is 1. The van der Waals surface area contributed by atoms with Crippen molar-refractivity contribution in [3.05, 3.63) is 87.6 Å². The predicted octanol–water partition coefficient (Wildman–Crippen LogP) is 1.70. The number of nitrogens with one attached hydrogen (secondary N) is 2. The lowest BCUT2D eigenvalue weighted by Gasteiger charge is -2.15. The van der Waals surface area contributed by atoms with Gasteiger partial charge in [-0.1, -0.05) is 30.3 Å². The lowest BCUT2D eigenvalue weighted by Crippen LogP contribution is -2.34. The Morgan fingerprint density at radius 1 is 1.13 bits per heavy atom. The summed E-state index contributed by atoms with van der Waals surface area (Å²) in [4.78, 5) is 37.1. The van der Waals surface area contributed by atoms with Crippen molar-refractivity contribution in [3.8, 4) is 0 Å². The van der Waals surface area contributed by atoms with E-state index in [4.69, 9.17) is 0 Å². The van der Waals surface area contributed by atoms with Crippen molar-refractivity contribution in [1.29, 1.82) is 0 Å². The lowest BCUT2D eigenvalue weighted by atomic mass is 10.1. The third-order valence-corrected chi connectivity index (χ3v) is 4.97. The molecule has 0 aliphatic rings. The molecule has 3 rings (SSSR count). The second-order valence-electron chi connectivity index (χ2n) is 7.15. The molecular formula is C22H25N5O3. The molecule has 30 heavy (non-hydrogen) atoms. The topological polar surface area (TPSA) is 98.0 Å². The van der Waals surface area contributed by atoms with Crippen LogP contribution in [0.4, 0.5) is 0 Å². The van der Waals surface area contributed by atoms with E-state index in [1.165, 1.54) is 22.9 Å². The largest absolute Gasteiger partial charge is 0.348 e. The molecule has 0 aliphatic carbocycles. The second kappa shape index (κ2) is 9.21. The molecule has 156 valence electrons. The van der Waals surface area contributed by atoms with Gasteiger partial charge in [-0.15, -0.1) is 0 Å². The van der Waals surface area contributed by atoms with Crippen LogP contribution in [0.15, 0.2) is 59.7 Å². The molecule has 8 heteroatoms. The fourth-order valence-corrected chi connectivity index (χ4v) is 3.13. The summed E-state index contributed by atoms with van der Waals surface area (Å²) in [5.41, 5.74) is 2.80. The van der Waals surface area contributed by atoms with Crippen LogP contribution in [0.25, 0.3) is 0 Å². The standard InChI is InChI=1S/C22H25N5O3/c1-15(19-12-24-26(3)16(19)2)25-20(28)14-27-13-18(9-10-21(27)29)22(30)23-11-17-7-5-4-6-8-17/h4-10,12-13,15H,11,14H2,1-3H3,(H,23,30)(H,25,28)/t15-/m1/s1. The molecule has 1 aromatic carbocycles. The van der Waals surface area contributed by atoms with Crippen LogP contribution in [0.1, 0.15) is 40.1 Å². The van der Waals surface area contributed by atoms with E-state index in [9.17, 15) is 14.4 Å². The van der Waals surface area contributed by atoms with Crippen LogP contribution in [0.5, 0.6) is 0 Å². The van der Waals surface area contributed by atoms with Gasteiger partial charge in [0.25, 0.3) is 11.5 Å². The van der Waals surface area contributed by atoms with E-state index in [0.29, 0.717) is 12.1 Å². The number of amides is 2. The predicted molar refractivity (Wildman–Crippen MR) is 113 cm³/mol. The number of pyridine rings is 1. The molecule has 2 N–H and O–H groups in total. The Bertz CT molecular complexity index is 1100. The number of hydrogen-bond donors (Lipinski definition) is 2. The quantitative estimate of drug-likeness (QED) is 0.623. The summed E-state index contributed by atoms with van der Waals surface area (Å²) in [5, 5.41) is 9.86. The first-order valence-corrected chi connectivity index (χ1v) is 9.65. The van der Waals surface area contributed by atoms with Gasteiger partial charge in [-0.05, 0) is 25.5 Å². The van der Waals surface area contributed by atoms with E-state index >= 15 is 0 Å². The fourth-order valence-electron chi connectivity index (χ4n) is 3.13. The second-order valence-corrected chi connectivity index (χ2v) is 7.15. The molecule has 2 aromatic heterocycles. The number of nitrogens with zero attached hydrogens (tertiary/aromatic N) is 3. The van der Waals surface area contributed by atoms with Gasteiger partial charge < -0.3 is 15.2 Å². The zero-order chi connectivity index (χ0) is 21.7. The van der Waals surface area contributed by atoms with Gasteiger partial charge in [-0.3, -0.25) is 19.1 Å². The van der Waals surface area contributed by atoms with E-state index in [-0.39, 0.29) is 30.0 Å². The van der Waals surface area contributed by atoms with Gasteiger partial charge in [0.15, 0.2) is 0 Å². The summed E-state index contributed by atoms with van der Waals surface area (Å²) in [6, 6.07) is 12.0. The molecule has 0 saturated carbocycles. The first kappa shape index (κ1) is 21.0. The van der Waals surface area contributed by atoms with Crippen molar-refractivity contribution in [3.63, 3.8) is 0 Å². The zero-order valence-electron chi connectivity index (χ0n) is 17.3. The molecule has 0 fully saturated rings. The monoisotopic (exact) mass is 407 g/mol. The number of rotatable bonds is 7. The van der Waals surface area contributed by atoms with E-state index in [0.717, 1.165) is 16.8 Å². The van der Waals surface area contributed by atoms with Gasteiger partial charge in [0.05, 0.1) is 17.8 Å². The first-order valence-electron chi connectivity index (χ1n) is 9.65. The molecular weight excluding hydrogens is 382 g/mol. The molecule has 0 bridgehead atoms. The van der Waals surface area contributed by atoms with Crippen molar-refractivity contribution < 1.29 is 9.59 Å². The Balaban J connectivity index is 1.64. The van der Waals surface area contributed by atoms with Crippen molar-refractivity contribution in [2.75, 3.05) is 0 Å². The lowest BCUT2D eigenvalue weighted by molar-refractivity contribution is -0.122. The van der Waals surface area contributed by atoms with Crippen molar-refractivity contribution in [2.24, 2.45) is 7.05 Å². The minimum atomic E-state index is -0.352. The maximum atomic E-state index is 12.5. The van der Waals surface area contributed by atoms with Gasteiger partial charge in [0.2, 0.25) is 5.91 Å². The Labute approximate surface area is 174 Å². The molecule has 2 amide bonds. The highest BCUT2D eigenvalue weighted by Gasteiger charge is 2.16. The maximum absolute atomic E-state index is 12.5. The van der Waals surface area contributed by atoms with Crippen LogP contribution in [-0.4, -0.2) is 26.2 Å². The number of aromatic nitrogens is 3. The molecule has 3 aromatic rings. The van der Waals surface area contributed by atoms with E-state index in [2.05, 4.69) is 15.7 Å². The summed E-state index contributed by atoms with van der Waals surface area (Å²) >= 11 is 0. The van der Waals surface area contributed by atoms with Crippen LogP contribution in [0.3, 0.4) is 0 Å². The van der Waals surface area contributed by atoms with E-state index in [1.54, 1.807) is 10.9 Å². The zero-order valence-corrected chi connectivity index (χ0v) is 17.3. The third kappa shape index (κ3) is 5.02. The van der Waals surface area contributed by atoms with Crippen LogP contribution in [-0.2, 0) is 24.9 Å². The Morgan fingerprint density at radius 3 is 2.53 bits per heavy atom. The summed E-state index contributed by atoms with van der Waals surface area (Å²) in [5.74, 6) is -0.637. The van der Waals surface area contributed by atoms with Crippen LogP contribution >= 0.6 is 0 Å². The summed E-state index contributed by atoms with van der Waals surface area (Å²) in [6.07, 6.45) is 3.12. The molecule has 0 saturated heterocycles. The molecule has 1 atom stereocenters. The highest BCUT2D eigenvalue weighted by Crippen LogP contribution is 2.15. The molecule has 8 nitrogen and oxygen atoms in total. The van der Waals surface area contributed by atoms with Gasteiger partial charge >= 0.3 is 0 Å². The number of carbonyl (C=O) groups is 2. The summed E-state index contributed by atoms with van der Waals surface area (Å²) < 4.78 is 2.97. The Morgan fingerprint density at radius 2 is 1.87 bits per heavy atom. The normalized spacial score (nSPS) is 11.7. The third-order valence-electron chi connectivity index (χ3n) is 4.97. The minimum Gasteiger partial charge on any atom is -0.348 e. The van der Waals surface area contributed by atoms with Gasteiger partial charge in [-0.25, -0.2) is 0 Å². The minimum absolute atomic E-state index is 0.178. The first-order chi connectivity index (χ1) is 14.3. The van der Waals surface area contributed by atoms with E-state index < -0.39 is 0 Å². The van der Waals surface area contributed by atoms with Crippen molar-refractivity contribution in [1.82, 2.24) is 25.0 Å². The molecule has 0 unspecified atom stereocenters. The van der Waals surface area contributed by atoms with Gasteiger partial charge in [0, 0.05) is 37.1 Å². The Kier molecular flexibility index (Phi) is 6.46. The van der Waals surface area contributed by atoms with Crippen LogP contribution < -0.4 is 16.2 Å². The van der Waals surface area contributed by atoms with Crippen LogP contribution in [0, 0.1) is 6.92 Å². The average molecular weight is 407 g/mol. The molecule has 2 heterocycles. The molecule has 0 radical (unpaired) electrons. The summed E-state index contributed by atoms with van der Waals surface area (Å²) in [7, 11) is 1.83. The van der Waals surface area contributed by atoms with E-state index in [1.807, 2.05) is 51.2 Å². The van der Waals surface area contributed by atoms with Crippen LogP contribution in [0.2, 0.25) is 0 Å².